The summed E-state index contributed by atoms with van der Waals surface area (Å²) in [4.78, 5) is 0. The molecule has 1 fully saturated rings. The fourth-order valence-electron chi connectivity index (χ4n) is 2.58. The smallest absolute Gasteiger partial charge is 0.210 e. The summed E-state index contributed by atoms with van der Waals surface area (Å²) in [5, 5.41) is 3.27. The van der Waals surface area contributed by atoms with Gasteiger partial charge in [0, 0.05) is 18.0 Å². The molecule has 4 nitrogen and oxygen atoms in total. The molecule has 3 rings (SSSR count). The first-order chi connectivity index (χ1) is 8.81. The third kappa shape index (κ3) is 1.79. The lowest BCUT2D eigenvalue weighted by molar-refractivity contribution is 0.162. The molecule has 0 bridgehead atoms. The number of hydrogen-bond donors (Lipinski definition) is 1. The first-order valence-electron chi connectivity index (χ1n) is 6.18. The van der Waals surface area contributed by atoms with Crippen molar-refractivity contribution in [2.45, 2.75) is 12.3 Å². The Morgan fingerprint density at radius 1 is 1.39 bits per heavy atom. The van der Waals surface area contributed by atoms with Gasteiger partial charge >= 0.3 is 0 Å². The zero-order valence-corrected chi connectivity index (χ0v) is 10.3. The van der Waals surface area contributed by atoms with E-state index in [0.29, 0.717) is 19.0 Å². The van der Waals surface area contributed by atoms with Crippen molar-refractivity contribution in [2.75, 3.05) is 33.4 Å². The maximum atomic E-state index is 14.3. The highest BCUT2D eigenvalue weighted by molar-refractivity contribution is 5.54. The van der Waals surface area contributed by atoms with Crippen molar-refractivity contribution in [1.29, 1.82) is 0 Å². The Kier molecular flexibility index (Phi) is 2.99. The van der Waals surface area contributed by atoms with Gasteiger partial charge in [0.05, 0.1) is 7.11 Å². The second kappa shape index (κ2) is 4.65. The Hall–Kier alpha value is -1.49. The van der Waals surface area contributed by atoms with Gasteiger partial charge in [-0.15, -0.1) is 0 Å². The zero-order chi connectivity index (χ0) is 12.5. The number of methoxy groups -OCH3 is 1. The highest BCUT2D eigenvalue weighted by atomic mass is 19.1. The number of hydrogen-bond acceptors (Lipinski definition) is 4. The number of nitrogens with one attached hydrogen (secondary N) is 1. The van der Waals surface area contributed by atoms with E-state index in [2.05, 4.69) is 5.32 Å². The van der Waals surface area contributed by atoms with E-state index in [1.165, 1.54) is 7.11 Å². The number of fused-ring (bicyclic) bond motifs is 1. The van der Waals surface area contributed by atoms with Crippen LogP contribution >= 0.6 is 0 Å². The Balaban J connectivity index is 2.09. The largest absolute Gasteiger partial charge is 0.493 e. The lowest BCUT2D eigenvalue weighted by Gasteiger charge is -2.23. The Labute approximate surface area is 105 Å². The molecule has 1 saturated heterocycles. The van der Waals surface area contributed by atoms with Crippen LogP contribution in [0.15, 0.2) is 6.07 Å². The van der Waals surface area contributed by atoms with Crippen LogP contribution in [0, 0.1) is 5.82 Å². The van der Waals surface area contributed by atoms with Crippen molar-refractivity contribution in [3.05, 3.63) is 17.4 Å². The number of ether oxygens (including phenoxy) is 3. The van der Waals surface area contributed by atoms with Gasteiger partial charge in [-0.05, 0) is 19.0 Å². The molecule has 1 unspecified atom stereocenters. The highest BCUT2D eigenvalue weighted by Gasteiger charge is 2.28. The van der Waals surface area contributed by atoms with Crippen LogP contribution in [0.5, 0.6) is 17.2 Å². The summed E-state index contributed by atoms with van der Waals surface area (Å²) in [6.07, 6.45) is 0.982. The van der Waals surface area contributed by atoms with E-state index in [0.717, 1.165) is 25.1 Å². The minimum atomic E-state index is -0.448. The van der Waals surface area contributed by atoms with E-state index in [-0.39, 0.29) is 17.4 Å². The molecule has 18 heavy (non-hydrogen) atoms. The Morgan fingerprint density at radius 3 is 2.94 bits per heavy atom. The van der Waals surface area contributed by atoms with Crippen molar-refractivity contribution in [2.24, 2.45) is 0 Å². The topological polar surface area (TPSA) is 39.7 Å². The van der Waals surface area contributed by atoms with Crippen molar-refractivity contribution in [3.8, 4) is 17.2 Å². The Morgan fingerprint density at radius 2 is 2.22 bits per heavy atom. The lowest BCUT2D eigenvalue weighted by atomic mass is 9.96. The second-order valence-corrected chi connectivity index (χ2v) is 4.53. The summed E-state index contributed by atoms with van der Waals surface area (Å²) in [7, 11) is 1.49. The quantitative estimate of drug-likeness (QED) is 0.870. The average Bonchev–Trinajstić information content (AvgIpc) is 2.92. The van der Waals surface area contributed by atoms with Crippen molar-refractivity contribution in [3.63, 3.8) is 0 Å². The second-order valence-electron chi connectivity index (χ2n) is 4.53. The van der Waals surface area contributed by atoms with Crippen LogP contribution < -0.4 is 19.5 Å². The van der Waals surface area contributed by atoms with Gasteiger partial charge in [0.1, 0.15) is 13.2 Å². The van der Waals surface area contributed by atoms with Gasteiger partial charge < -0.3 is 19.5 Å². The highest BCUT2D eigenvalue weighted by Crippen LogP contribution is 2.44. The van der Waals surface area contributed by atoms with Gasteiger partial charge in [0.25, 0.3) is 0 Å². The average molecular weight is 253 g/mol. The van der Waals surface area contributed by atoms with E-state index in [9.17, 15) is 4.39 Å². The van der Waals surface area contributed by atoms with Crippen molar-refractivity contribution in [1.82, 2.24) is 5.32 Å². The van der Waals surface area contributed by atoms with Gasteiger partial charge in [0.2, 0.25) is 11.6 Å². The van der Waals surface area contributed by atoms with Crippen LogP contribution in [0.2, 0.25) is 0 Å². The third-order valence-corrected chi connectivity index (χ3v) is 3.46. The summed E-state index contributed by atoms with van der Waals surface area (Å²) in [5.41, 5.74) is 0.865. The molecule has 0 spiro atoms. The van der Waals surface area contributed by atoms with Gasteiger partial charge in [0.15, 0.2) is 11.5 Å². The van der Waals surface area contributed by atoms with Gasteiger partial charge in [-0.25, -0.2) is 0 Å². The molecule has 1 atom stereocenters. The van der Waals surface area contributed by atoms with Gasteiger partial charge in [-0.1, -0.05) is 0 Å². The zero-order valence-electron chi connectivity index (χ0n) is 10.3. The van der Waals surface area contributed by atoms with Crippen molar-refractivity contribution < 1.29 is 18.6 Å². The van der Waals surface area contributed by atoms with Crippen LogP contribution in [0.1, 0.15) is 17.9 Å². The summed E-state index contributed by atoms with van der Waals surface area (Å²) < 4.78 is 30.3. The molecule has 0 radical (unpaired) electrons. The van der Waals surface area contributed by atoms with Crippen LogP contribution in [0.25, 0.3) is 0 Å². The molecule has 2 aliphatic heterocycles. The maximum absolute atomic E-state index is 14.3. The molecule has 0 aromatic heterocycles. The first kappa shape index (κ1) is 11.6. The minimum Gasteiger partial charge on any atom is -0.493 e. The Bertz CT molecular complexity index is 458. The van der Waals surface area contributed by atoms with E-state index in [1.54, 1.807) is 0 Å². The van der Waals surface area contributed by atoms with Crippen molar-refractivity contribution >= 4 is 0 Å². The minimum absolute atomic E-state index is 0.174. The molecule has 2 heterocycles. The molecule has 1 aromatic carbocycles. The van der Waals surface area contributed by atoms with Crippen LogP contribution in [0.3, 0.4) is 0 Å². The predicted molar refractivity (Wildman–Crippen MR) is 64.2 cm³/mol. The number of halogens is 1. The third-order valence-electron chi connectivity index (χ3n) is 3.46. The monoisotopic (exact) mass is 253 g/mol. The molecule has 2 aliphatic rings. The standard InChI is InChI=1S/C13H16FNO3/c1-16-12-9(8-2-3-15-7-8)6-10-13(11(12)14)18-5-4-17-10/h6,8,15H,2-5,7H2,1H3. The van der Waals surface area contributed by atoms with Gasteiger partial charge in [-0.2, -0.15) is 4.39 Å². The van der Waals surface area contributed by atoms with Gasteiger partial charge in [-0.3, -0.25) is 0 Å². The van der Waals surface area contributed by atoms with Crippen LogP contribution in [0.4, 0.5) is 4.39 Å². The molecule has 0 saturated carbocycles. The molecule has 5 heteroatoms. The molecule has 98 valence electrons. The first-order valence-corrected chi connectivity index (χ1v) is 6.18. The summed E-state index contributed by atoms with van der Waals surface area (Å²) in [5.74, 6) is 0.768. The van der Waals surface area contributed by atoms with E-state index in [1.807, 2.05) is 6.07 Å². The normalized spacial score (nSPS) is 22.0. The summed E-state index contributed by atoms with van der Waals surface area (Å²) in [6.45, 7) is 2.62. The fourth-order valence-corrected chi connectivity index (χ4v) is 2.58. The summed E-state index contributed by atoms with van der Waals surface area (Å²) in [6, 6.07) is 1.86. The van der Waals surface area contributed by atoms with Crippen LogP contribution in [-0.2, 0) is 0 Å². The van der Waals surface area contributed by atoms with Crippen LogP contribution in [-0.4, -0.2) is 33.4 Å². The molecule has 1 aromatic rings. The van der Waals surface area contributed by atoms with E-state index >= 15 is 0 Å². The summed E-state index contributed by atoms with van der Waals surface area (Å²) >= 11 is 0. The molecule has 0 amide bonds. The lowest BCUT2D eigenvalue weighted by Crippen LogP contribution is -2.18. The number of rotatable bonds is 2. The number of benzene rings is 1. The molecular weight excluding hydrogens is 237 g/mol. The van der Waals surface area contributed by atoms with E-state index in [4.69, 9.17) is 14.2 Å². The maximum Gasteiger partial charge on any atom is 0.210 e. The molecule has 0 aliphatic carbocycles. The fraction of sp³-hybridized carbons (Fsp3) is 0.538. The van der Waals surface area contributed by atoms with E-state index < -0.39 is 5.82 Å². The molecular formula is C13H16FNO3. The SMILES string of the molecule is COc1c(C2CCNC2)cc2c(c1F)OCCO2. The predicted octanol–water partition coefficient (Wildman–Crippen LogP) is 1.68. The molecule has 1 N–H and O–H groups in total.